The van der Waals surface area contributed by atoms with Gasteiger partial charge < -0.3 is 15.5 Å². The van der Waals surface area contributed by atoms with Crippen LogP contribution in [0, 0.1) is 20.8 Å². The Morgan fingerprint density at radius 2 is 1.67 bits per heavy atom. The Bertz CT molecular complexity index is 560. The number of rotatable bonds is 3. The number of piperazine rings is 1. The van der Waals surface area contributed by atoms with Gasteiger partial charge in [0, 0.05) is 19.6 Å². The van der Waals surface area contributed by atoms with Crippen LogP contribution in [0.4, 0.5) is 0 Å². The SMILES string of the molecule is Cc1cc(C)c(C(N)CN2CC(=O)N(C)CC2=O)c(C)c1. The van der Waals surface area contributed by atoms with Gasteiger partial charge in [0.1, 0.15) is 0 Å². The summed E-state index contributed by atoms with van der Waals surface area (Å²) >= 11 is 0. The summed E-state index contributed by atoms with van der Waals surface area (Å²) in [4.78, 5) is 26.8. The van der Waals surface area contributed by atoms with Crippen LogP contribution >= 0.6 is 0 Å². The van der Waals surface area contributed by atoms with Crippen molar-refractivity contribution < 1.29 is 9.59 Å². The number of likely N-dealkylation sites (N-methyl/N-ethyl adjacent to an activating group) is 1. The van der Waals surface area contributed by atoms with E-state index < -0.39 is 0 Å². The summed E-state index contributed by atoms with van der Waals surface area (Å²) in [6, 6.07) is 3.92. The van der Waals surface area contributed by atoms with Crippen LogP contribution in [0.2, 0.25) is 0 Å². The second-order valence-electron chi connectivity index (χ2n) is 5.94. The largest absolute Gasteiger partial charge is 0.335 e. The zero-order chi connectivity index (χ0) is 15.7. The maximum Gasteiger partial charge on any atom is 0.242 e. The molecule has 1 aliphatic heterocycles. The van der Waals surface area contributed by atoms with E-state index in [9.17, 15) is 9.59 Å². The summed E-state index contributed by atoms with van der Waals surface area (Å²) in [6.07, 6.45) is 0. The van der Waals surface area contributed by atoms with Crippen molar-refractivity contribution in [3.8, 4) is 0 Å². The van der Waals surface area contributed by atoms with Gasteiger partial charge in [-0.2, -0.15) is 0 Å². The molecule has 21 heavy (non-hydrogen) atoms. The minimum Gasteiger partial charge on any atom is -0.335 e. The maximum absolute atomic E-state index is 12.0. The average Bonchev–Trinajstić information content (AvgIpc) is 2.34. The fourth-order valence-electron chi connectivity index (χ4n) is 3.03. The molecular weight excluding hydrogens is 266 g/mol. The number of nitrogens with zero attached hydrogens (tertiary/aromatic N) is 2. The number of nitrogens with two attached hydrogens (primary N) is 1. The standard InChI is InChI=1S/C16H23N3O2/c1-10-5-11(2)16(12(3)6-10)13(17)7-19-9-14(20)18(4)8-15(19)21/h5-6,13H,7-9,17H2,1-4H3. The molecule has 1 aromatic rings. The molecule has 0 aromatic heterocycles. The third-order valence-corrected chi connectivity index (χ3v) is 4.00. The smallest absolute Gasteiger partial charge is 0.242 e. The molecule has 1 aromatic carbocycles. The lowest BCUT2D eigenvalue weighted by Crippen LogP contribution is -2.53. The highest BCUT2D eigenvalue weighted by Crippen LogP contribution is 2.23. The van der Waals surface area contributed by atoms with Gasteiger partial charge in [-0.1, -0.05) is 17.7 Å². The third kappa shape index (κ3) is 3.24. The molecule has 1 heterocycles. The molecular formula is C16H23N3O2. The van der Waals surface area contributed by atoms with Gasteiger partial charge in [0.05, 0.1) is 13.1 Å². The van der Waals surface area contributed by atoms with E-state index in [0.717, 1.165) is 16.7 Å². The second-order valence-corrected chi connectivity index (χ2v) is 5.94. The van der Waals surface area contributed by atoms with E-state index in [1.165, 1.54) is 10.5 Å². The molecule has 0 spiro atoms. The predicted molar refractivity (Wildman–Crippen MR) is 81.8 cm³/mol. The molecule has 0 aliphatic carbocycles. The van der Waals surface area contributed by atoms with Crippen molar-refractivity contribution in [2.75, 3.05) is 26.7 Å². The van der Waals surface area contributed by atoms with Crippen LogP contribution in [-0.4, -0.2) is 48.3 Å². The first-order valence-corrected chi connectivity index (χ1v) is 7.14. The van der Waals surface area contributed by atoms with Crippen molar-refractivity contribution in [3.05, 3.63) is 34.4 Å². The Labute approximate surface area is 125 Å². The lowest BCUT2D eigenvalue weighted by Gasteiger charge is -2.33. The fourth-order valence-corrected chi connectivity index (χ4v) is 3.03. The second kappa shape index (κ2) is 5.85. The quantitative estimate of drug-likeness (QED) is 0.899. The Balaban J connectivity index is 2.17. The van der Waals surface area contributed by atoms with Crippen LogP contribution in [0.25, 0.3) is 0 Å². The molecule has 1 fully saturated rings. The van der Waals surface area contributed by atoms with Crippen LogP contribution in [0.15, 0.2) is 12.1 Å². The first kappa shape index (κ1) is 15.5. The molecule has 0 bridgehead atoms. The van der Waals surface area contributed by atoms with Gasteiger partial charge in [-0.25, -0.2) is 0 Å². The van der Waals surface area contributed by atoms with Crippen molar-refractivity contribution in [1.29, 1.82) is 0 Å². The molecule has 114 valence electrons. The van der Waals surface area contributed by atoms with Gasteiger partial charge >= 0.3 is 0 Å². The van der Waals surface area contributed by atoms with Crippen molar-refractivity contribution in [3.63, 3.8) is 0 Å². The summed E-state index contributed by atoms with van der Waals surface area (Å²) < 4.78 is 0. The van der Waals surface area contributed by atoms with E-state index in [4.69, 9.17) is 5.73 Å². The number of benzene rings is 1. The number of hydrogen-bond donors (Lipinski definition) is 1. The molecule has 2 N–H and O–H groups in total. The van der Waals surface area contributed by atoms with Gasteiger partial charge in [0.2, 0.25) is 11.8 Å². The predicted octanol–water partition coefficient (Wildman–Crippen LogP) is 0.912. The summed E-state index contributed by atoms with van der Waals surface area (Å²) in [6.45, 7) is 6.75. The van der Waals surface area contributed by atoms with Crippen LogP contribution in [-0.2, 0) is 9.59 Å². The van der Waals surface area contributed by atoms with Gasteiger partial charge in [0.25, 0.3) is 0 Å². The van der Waals surface area contributed by atoms with Gasteiger partial charge in [-0.15, -0.1) is 0 Å². The zero-order valence-electron chi connectivity index (χ0n) is 13.1. The minimum atomic E-state index is -0.272. The molecule has 2 rings (SSSR count). The van der Waals surface area contributed by atoms with E-state index in [2.05, 4.69) is 19.1 Å². The highest BCUT2D eigenvalue weighted by atomic mass is 16.2. The van der Waals surface area contributed by atoms with E-state index >= 15 is 0 Å². The normalized spacial score (nSPS) is 17.4. The van der Waals surface area contributed by atoms with Crippen LogP contribution < -0.4 is 5.73 Å². The summed E-state index contributed by atoms with van der Waals surface area (Å²) in [5, 5.41) is 0. The number of amides is 2. The van der Waals surface area contributed by atoms with E-state index in [-0.39, 0.29) is 30.9 Å². The average molecular weight is 289 g/mol. The summed E-state index contributed by atoms with van der Waals surface area (Å²) in [5.41, 5.74) is 10.8. The lowest BCUT2D eigenvalue weighted by atomic mass is 9.94. The third-order valence-electron chi connectivity index (χ3n) is 4.00. The Morgan fingerprint density at radius 1 is 1.10 bits per heavy atom. The summed E-state index contributed by atoms with van der Waals surface area (Å²) in [5.74, 6) is -0.0888. The molecule has 1 aliphatic rings. The van der Waals surface area contributed by atoms with E-state index in [1.54, 1.807) is 11.9 Å². The first-order chi connectivity index (χ1) is 9.79. The molecule has 1 atom stereocenters. The molecule has 5 nitrogen and oxygen atoms in total. The van der Waals surface area contributed by atoms with Gasteiger partial charge in [-0.05, 0) is 37.5 Å². The zero-order valence-corrected chi connectivity index (χ0v) is 13.1. The van der Waals surface area contributed by atoms with Crippen LogP contribution in [0.5, 0.6) is 0 Å². The first-order valence-electron chi connectivity index (χ1n) is 7.14. The van der Waals surface area contributed by atoms with Gasteiger partial charge in [-0.3, -0.25) is 9.59 Å². The molecule has 5 heteroatoms. The lowest BCUT2D eigenvalue weighted by molar-refractivity contribution is -0.148. The number of carbonyl (C=O) groups excluding carboxylic acids is 2. The van der Waals surface area contributed by atoms with E-state index in [1.807, 2.05) is 13.8 Å². The van der Waals surface area contributed by atoms with E-state index in [0.29, 0.717) is 6.54 Å². The molecule has 1 unspecified atom stereocenters. The van der Waals surface area contributed by atoms with Crippen molar-refractivity contribution >= 4 is 11.8 Å². The number of hydrogen-bond acceptors (Lipinski definition) is 3. The highest BCUT2D eigenvalue weighted by molar-refractivity contribution is 5.92. The summed E-state index contributed by atoms with van der Waals surface area (Å²) in [7, 11) is 1.64. The molecule has 0 radical (unpaired) electrons. The van der Waals surface area contributed by atoms with Crippen molar-refractivity contribution in [2.45, 2.75) is 26.8 Å². The Hall–Kier alpha value is -1.88. The Kier molecular flexibility index (Phi) is 4.32. The number of carbonyl (C=O) groups is 2. The fraction of sp³-hybridized carbons (Fsp3) is 0.500. The number of aryl methyl sites for hydroxylation is 3. The van der Waals surface area contributed by atoms with Crippen LogP contribution in [0.1, 0.15) is 28.3 Å². The monoisotopic (exact) mass is 289 g/mol. The topological polar surface area (TPSA) is 66.6 Å². The van der Waals surface area contributed by atoms with Gasteiger partial charge in [0.15, 0.2) is 0 Å². The van der Waals surface area contributed by atoms with Crippen LogP contribution in [0.3, 0.4) is 0 Å². The molecule has 1 saturated heterocycles. The maximum atomic E-state index is 12.0. The molecule has 2 amide bonds. The van der Waals surface area contributed by atoms with Crippen molar-refractivity contribution in [2.24, 2.45) is 5.73 Å². The Morgan fingerprint density at radius 3 is 2.24 bits per heavy atom. The highest BCUT2D eigenvalue weighted by Gasteiger charge is 2.29. The minimum absolute atomic E-state index is 0.0425. The van der Waals surface area contributed by atoms with Crippen molar-refractivity contribution in [1.82, 2.24) is 9.80 Å². The molecule has 0 saturated carbocycles.